The fourth-order valence-electron chi connectivity index (χ4n) is 0.803. The summed E-state index contributed by atoms with van der Waals surface area (Å²) < 4.78 is 1.43. The normalized spacial score (nSPS) is 10.5. The van der Waals surface area contributed by atoms with Crippen molar-refractivity contribution in [2.75, 3.05) is 26.1 Å². The first-order chi connectivity index (χ1) is 6.09. The van der Waals surface area contributed by atoms with Gasteiger partial charge in [0, 0.05) is 13.2 Å². The van der Waals surface area contributed by atoms with Crippen LogP contribution in [0.4, 0.5) is 5.82 Å². The maximum absolute atomic E-state index is 11.1. The van der Waals surface area contributed by atoms with Crippen LogP contribution in [-0.2, 0) is 7.05 Å². The Bertz CT molecular complexity index is 331. The van der Waals surface area contributed by atoms with E-state index in [9.17, 15) is 4.79 Å². The van der Waals surface area contributed by atoms with Crippen LogP contribution in [0.25, 0.3) is 0 Å². The van der Waals surface area contributed by atoms with E-state index in [1.54, 1.807) is 19.3 Å². The second kappa shape index (κ2) is 4.04. The molecule has 0 radical (unpaired) electrons. The smallest absolute Gasteiger partial charge is 0.349 e. The van der Waals surface area contributed by atoms with Crippen LogP contribution >= 0.6 is 0 Å². The average Bonchev–Trinajstić information content (AvgIpc) is 2.07. The van der Waals surface area contributed by atoms with Crippen LogP contribution in [-0.4, -0.2) is 35.2 Å². The van der Waals surface area contributed by atoms with Crippen molar-refractivity contribution in [1.82, 2.24) is 14.5 Å². The highest BCUT2D eigenvalue weighted by Crippen LogP contribution is 1.95. The lowest BCUT2D eigenvalue weighted by Gasteiger charge is -2.11. The van der Waals surface area contributed by atoms with Crippen LogP contribution in [0.5, 0.6) is 0 Å². The van der Waals surface area contributed by atoms with Gasteiger partial charge < -0.3 is 9.88 Å². The second-order valence-corrected chi connectivity index (χ2v) is 3.12. The molecule has 72 valence electrons. The molecule has 13 heavy (non-hydrogen) atoms. The molecule has 1 N–H and O–H groups in total. The summed E-state index contributed by atoms with van der Waals surface area (Å²) in [5, 5.41) is 3.01. The van der Waals surface area contributed by atoms with Crippen LogP contribution in [0.1, 0.15) is 0 Å². The predicted molar refractivity (Wildman–Crippen MR) is 51.7 cm³/mol. The summed E-state index contributed by atoms with van der Waals surface area (Å²) in [6.07, 6.45) is 1.69. The van der Waals surface area contributed by atoms with Gasteiger partial charge in [0.05, 0.1) is 6.67 Å². The molecule has 0 aliphatic rings. The highest BCUT2D eigenvalue weighted by molar-refractivity contribution is 5.31. The number of hydrogen-bond donors (Lipinski definition) is 1. The number of nitrogens with zero attached hydrogens (tertiary/aromatic N) is 3. The number of aryl methyl sites for hydroxylation is 1. The van der Waals surface area contributed by atoms with Crippen molar-refractivity contribution >= 4 is 5.82 Å². The molecule has 0 saturated carbocycles. The molecule has 5 heteroatoms. The summed E-state index contributed by atoms with van der Waals surface area (Å²) in [4.78, 5) is 16.9. The Hall–Kier alpha value is -1.36. The van der Waals surface area contributed by atoms with E-state index in [0.29, 0.717) is 12.5 Å². The molecule has 0 amide bonds. The van der Waals surface area contributed by atoms with Crippen LogP contribution < -0.4 is 11.0 Å². The maximum Gasteiger partial charge on any atom is 0.349 e. The summed E-state index contributed by atoms with van der Waals surface area (Å²) >= 11 is 0. The lowest BCUT2D eigenvalue weighted by atomic mass is 10.6. The zero-order valence-electron chi connectivity index (χ0n) is 8.11. The Morgan fingerprint density at radius 2 is 2.31 bits per heavy atom. The van der Waals surface area contributed by atoms with Gasteiger partial charge in [0.15, 0.2) is 0 Å². The van der Waals surface area contributed by atoms with Gasteiger partial charge in [0.2, 0.25) is 0 Å². The van der Waals surface area contributed by atoms with E-state index >= 15 is 0 Å². The number of anilines is 1. The highest BCUT2D eigenvalue weighted by atomic mass is 16.1. The Balaban J connectivity index is 2.69. The van der Waals surface area contributed by atoms with Gasteiger partial charge in [-0.25, -0.2) is 4.79 Å². The fraction of sp³-hybridized carbons (Fsp3) is 0.500. The molecule has 1 heterocycles. The summed E-state index contributed by atoms with van der Waals surface area (Å²) in [5.41, 5.74) is -0.247. The Morgan fingerprint density at radius 1 is 1.62 bits per heavy atom. The summed E-state index contributed by atoms with van der Waals surface area (Å²) in [6, 6.07) is 1.77. The zero-order valence-corrected chi connectivity index (χ0v) is 8.11. The molecule has 1 aromatic rings. The molecule has 1 rings (SSSR count). The molecule has 0 atom stereocenters. The standard InChI is InChI=1S/C8H14N4O/c1-11(2)6-9-7-4-5-12(3)8(13)10-7/h4-5H,6H2,1-3H3,(H,9,10,13). The molecular formula is C8H14N4O. The van der Waals surface area contributed by atoms with Gasteiger partial charge in [-0.15, -0.1) is 0 Å². The van der Waals surface area contributed by atoms with Crippen molar-refractivity contribution in [2.45, 2.75) is 0 Å². The van der Waals surface area contributed by atoms with Gasteiger partial charge in [0.25, 0.3) is 0 Å². The Morgan fingerprint density at radius 3 is 2.85 bits per heavy atom. The van der Waals surface area contributed by atoms with Crippen molar-refractivity contribution in [3.8, 4) is 0 Å². The van der Waals surface area contributed by atoms with Gasteiger partial charge >= 0.3 is 5.69 Å². The van der Waals surface area contributed by atoms with Gasteiger partial charge in [-0.05, 0) is 20.2 Å². The number of aromatic nitrogens is 2. The number of nitrogens with one attached hydrogen (secondary N) is 1. The summed E-state index contributed by atoms with van der Waals surface area (Å²) in [7, 11) is 5.55. The monoisotopic (exact) mass is 182 g/mol. The third-order valence-electron chi connectivity index (χ3n) is 1.55. The van der Waals surface area contributed by atoms with Crippen molar-refractivity contribution in [3.63, 3.8) is 0 Å². The largest absolute Gasteiger partial charge is 0.357 e. The molecule has 5 nitrogen and oxygen atoms in total. The van der Waals surface area contributed by atoms with Crippen molar-refractivity contribution < 1.29 is 0 Å². The molecule has 0 bridgehead atoms. The maximum atomic E-state index is 11.1. The first kappa shape index (κ1) is 9.73. The number of hydrogen-bond acceptors (Lipinski definition) is 4. The van der Waals surface area contributed by atoms with E-state index in [4.69, 9.17) is 0 Å². The third kappa shape index (κ3) is 2.87. The van der Waals surface area contributed by atoms with E-state index in [2.05, 4.69) is 10.3 Å². The zero-order chi connectivity index (χ0) is 9.84. The molecule has 1 aromatic heterocycles. The summed E-state index contributed by atoms with van der Waals surface area (Å²) in [6.45, 7) is 0.667. The predicted octanol–water partition coefficient (Wildman–Crippen LogP) is -0.289. The van der Waals surface area contributed by atoms with Gasteiger partial charge in [-0.2, -0.15) is 4.98 Å². The van der Waals surface area contributed by atoms with Crippen molar-refractivity contribution in [2.24, 2.45) is 7.05 Å². The van der Waals surface area contributed by atoms with Gasteiger partial charge in [-0.3, -0.25) is 4.90 Å². The van der Waals surface area contributed by atoms with Crippen LogP contribution in [0, 0.1) is 0 Å². The topological polar surface area (TPSA) is 50.2 Å². The molecule has 0 unspecified atom stereocenters. The van der Waals surface area contributed by atoms with Gasteiger partial charge in [0.1, 0.15) is 5.82 Å². The molecule has 0 aromatic carbocycles. The third-order valence-corrected chi connectivity index (χ3v) is 1.55. The molecular weight excluding hydrogens is 168 g/mol. The lowest BCUT2D eigenvalue weighted by Crippen LogP contribution is -2.24. The Labute approximate surface area is 77.0 Å². The van der Waals surface area contributed by atoms with Crippen LogP contribution in [0.3, 0.4) is 0 Å². The van der Waals surface area contributed by atoms with E-state index < -0.39 is 0 Å². The van der Waals surface area contributed by atoms with E-state index in [-0.39, 0.29) is 5.69 Å². The molecule has 0 spiro atoms. The van der Waals surface area contributed by atoms with E-state index in [1.165, 1.54) is 4.57 Å². The fourth-order valence-corrected chi connectivity index (χ4v) is 0.803. The molecule has 0 aliphatic carbocycles. The highest BCUT2D eigenvalue weighted by Gasteiger charge is 1.96. The first-order valence-corrected chi connectivity index (χ1v) is 4.02. The number of rotatable bonds is 3. The minimum absolute atomic E-state index is 0.247. The summed E-state index contributed by atoms with van der Waals surface area (Å²) in [5.74, 6) is 0.608. The van der Waals surface area contributed by atoms with Crippen molar-refractivity contribution in [3.05, 3.63) is 22.7 Å². The van der Waals surface area contributed by atoms with Gasteiger partial charge in [-0.1, -0.05) is 0 Å². The molecule has 0 saturated heterocycles. The SMILES string of the molecule is CN(C)CNc1ccn(C)c(=O)n1. The Kier molecular flexibility index (Phi) is 3.02. The van der Waals surface area contributed by atoms with E-state index in [0.717, 1.165) is 0 Å². The minimum atomic E-state index is -0.247. The lowest BCUT2D eigenvalue weighted by molar-refractivity contribution is 0.439. The van der Waals surface area contributed by atoms with E-state index in [1.807, 2.05) is 19.0 Å². The van der Waals surface area contributed by atoms with Crippen LogP contribution in [0.2, 0.25) is 0 Å². The first-order valence-electron chi connectivity index (χ1n) is 4.02. The molecule has 0 aliphatic heterocycles. The second-order valence-electron chi connectivity index (χ2n) is 3.12. The van der Waals surface area contributed by atoms with Crippen molar-refractivity contribution in [1.29, 1.82) is 0 Å². The quantitative estimate of drug-likeness (QED) is 0.653. The average molecular weight is 182 g/mol. The van der Waals surface area contributed by atoms with Crippen LogP contribution in [0.15, 0.2) is 17.1 Å². The minimum Gasteiger partial charge on any atom is -0.357 e. The molecule has 0 fully saturated rings.